The number of fused-ring (bicyclic) bond motifs is 3. The molecule has 10 heteroatoms. The van der Waals surface area contributed by atoms with Crippen LogP contribution in [0.1, 0.15) is 93.9 Å². The van der Waals surface area contributed by atoms with Crippen LogP contribution in [0, 0.1) is 5.92 Å². The number of hydrogen-bond donors (Lipinski definition) is 4. The lowest BCUT2D eigenvalue weighted by atomic mass is 9.72. The largest absolute Gasteiger partial charge is 0.489 e. The number of ketones is 1. The number of esters is 1. The van der Waals surface area contributed by atoms with E-state index in [-0.39, 0.29) is 43.0 Å². The highest BCUT2D eigenvalue weighted by atomic mass is 16.6. The van der Waals surface area contributed by atoms with Crippen molar-refractivity contribution < 1.29 is 43.9 Å². The molecule has 3 atom stereocenters. The van der Waals surface area contributed by atoms with E-state index in [0.29, 0.717) is 41.0 Å². The molecule has 0 spiro atoms. The normalized spacial score (nSPS) is 24.2. The minimum atomic E-state index is -1.20. The van der Waals surface area contributed by atoms with E-state index in [1.165, 1.54) is 0 Å². The van der Waals surface area contributed by atoms with Gasteiger partial charge in [0.05, 0.1) is 42.7 Å². The number of nitrogens with one attached hydrogen (secondary N) is 1. The van der Waals surface area contributed by atoms with Gasteiger partial charge in [-0.1, -0.05) is 18.1 Å². The summed E-state index contributed by atoms with van der Waals surface area (Å²) in [6, 6.07) is 7.88. The van der Waals surface area contributed by atoms with Crippen LogP contribution < -0.4 is 14.2 Å². The van der Waals surface area contributed by atoms with Crippen LogP contribution in [0.3, 0.4) is 0 Å². The summed E-state index contributed by atoms with van der Waals surface area (Å²) < 4.78 is 25.0. The number of aliphatic hydroxyl groups is 3. The summed E-state index contributed by atoms with van der Waals surface area (Å²) in [5, 5.41) is 33.4. The number of rotatable bonds is 8. The molecule has 2 aromatic carbocycles. The van der Waals surface area contributed by atoms with Gasteiger partial charge < -0.3 is 39.3 Å². The van der Waals surface area contributed by atoms with Gasteiger partial charge in [-0.3, -0.25) is 4.79 Å². The fraction of sp³-hybridized carbons (Fsp3) is 0.487. The van der Waals surface area contributed by atoms with Crippen LogP contribution in [0.5, 0.6) is 17.2 Å². The van der Waals surface area contributed by atoms with E-state index in [1.807, 2.05) is 30.5 Å². The summed E-state index contributed by atoms with van der Waals surface area (Å²) in [5.41, 5.74) is 3.79. The van der Waals surface area contributed by atoms with E-state index in [4.69, 9.17) is 18.9 Å². The molecular formula is C39H45NO9. The van der Waals surface area contributed by atoms with Crippen molar-refractivity contribution in [2.45, 2.75) is 102 Å². The molecule has 0 unspecified atom stereocenters. The van der Waals surface area contributed by atoms with E-state index < -0.39 is 36.1 Å². The van der Waals surface area contributed by atoms with Crippen molar-refractivity contribution in [1.29, 1.82) is 0 Å². The molecule has 0 amide bonds. The number of allylic oxidation sites excluding steroid dienone is 3. The number of aliphatic hydroxyl groups excluding tert-OH is 2. The van der Waals surface area contributed by atoms with Crippen molar-refractivity contribution >= 4 is 28.2 Å². The zero-order valence-corrected chi connectivity index (χ0v) is 28.3. The molecular weight excluding hydrogens is 626 g/mol. The second kappa shape index (κ2) is 13.3. The zero-order valence-electron chi connectivity index (χ0n) is 28.3. The van der Waals surface area contributed by atoms with Crippen LogP contribution in [-0.2, 0) is 27.4 Å². The minimum absolute atomic E-state index is 0.0336. The number of ether oxygens (including phenoxy) is 4. The summed E-state index contributed by atoms with van der Waals surface area (Å²) in [4.78, 5) is 30.4. The number of Topliss-reactive ketones (excluding diaryl/α,β-unsaturated/α-hetero) is 1. The smallest absolute Gasteiger partial charge is 0.374 e. The van der Waals surface area contributed by atoms with Gasteiger partial charge in [0, 0.05) is 35.5 Å². The third-order valence-corrected chi connectivity index (χ3v) is 10.5. The van der Waals surface area contributed by atoms with Crippen molar-refractivity contribution in [3.63, 3.8) is 0 Å². The Balaban J connectivity index is 1.46. The van der Waals surface area contributed by atoms with Gasteiger partial charge in [-0.2, -0.15) is 0 Å². The number of aromatic nitrogens is 1. The maximum absolute atomic E-state index is 13.9. The minimum Gasteiger partial charge on any atom is -0.489 e. The zero-order chi connectivity index (χ0) is 34.4. The Bertz CT molecular complexity index is 1840. The molecule has 0 saturated heterocycles. The van der Waals surface area contributed by atoms with E-state index in [2.05, 4.69) is 4.98 Å². The van der Waals surface area contributed by atoms with E-state index in [1.54, 1.807) is 26.8 Å². The molecule has 3 aromatic rings. The van der Waals surface area contributed by atoms with Crippen LogP contribution in [-0.4, -0.2) is 63.1 Å². The SMILES string of the molecule is CCOC(=O)C1=C/C(=C2\C[C@@H](CO)C(=O)[C@@H](c3ccc4[nH]ccc4c3)C2)c2c(c(CO)c3c(c2OC2CCCCC2)C[C@@H](C(C)(C)O)O3)O1. The summed E-state index contributed by atoms with van der Waals surface area (Å²) >= 11 is 0. The Labute approximate surface area is 285 Å². The lowest BCUT2D eigenvalue weighted by Gasteiger charge is -2.34. The first-order valence-electron chi connectivity index (χ1n) is 17.5. The highest BCUT2D eigenvalue weighted by molar-refractivity contribution is 5.99. The van der Waals surface area contributed by atoms with E-state index in [9.17, 15) is 24.9 Å². The molecule has 0 radical (unpaired) electrons. The topological polar surface area (TPSA) is 148 Å². The number of aromatic amines is 1. The number of H-pyrrole nitrogens is 1. The third kappa shape index (κ3) is 6.15. The summed E-state index contributed by atoms with van der Waals surface area (Å²) in [7, 11) is 0. The number of carbonyl (C=O) groups excluding carboxylic acids is 2. The van der Waals surface area contributed by atoms with Gasteiger partial charge in [-0.15, -0.1) is 0 Å². The molecule has 4 aliphatic rings. The molecule has 0 bridgehead atoms. The van der Waals surface area contributed by atoms with Gasteiger partial charge in [0.1, 0.15) is 29.1 Å². The van der Waals surface area contributed by atoms with Gasteiger partial charge in [0.2, 0.25) is 5.76 Å². The first-order valence-corrected chi connectivity index (χ1v) is 17.5. The average molecular weight is 672 g/mol. The summed E-state index contributed by atoms with van der Waals surface area (Å²) in [6.07, 6.45) is 8.78. The third-order valence-electron chi connectivity index (χ3n) is 10.5. The molecule has 2 aliphatic carbocycles. The Kier molecular flexibility index (Phi) is 9.06. The summed E-state index contributed by atoms with van der Waals surface area (Å²) in [6.45, 7) is 4.44. The van der Waals surface area contributed by atoms with Gasteiger partial charge in [-0.05, 0) is 100 Å². The first kappa shape index (κ1) is 33.4. The molecule has 7 rings (SSSR count). The van der Waals surface area contributed by atoms with Crippen LogP contribution in [0.25, 0.3) is 16.5 Å². The van der Waals surface area contributed by atoms with Crippen molar-refractivity contribution in [2.24, 2.45) is 5.92 Å². The van der Waals surface area contributed by atoms with Crippen molar-refractivity contribution in [3.05, 3.63) is 70.1 Å². The Morgan fingerprint density at radius 3 is 2.57 bits per heavy atom. The second-order valence-electron chi connectivity index (χ2n) is 14.2. The molecule has 2 saturated carbocycles. The molecule has 260 valence electrons. The van der Waals surface area contributed by atoms with Gasteiger partial charge in [0.15, 0.2) is 0 Å². The molecule has 2 aliphatic heterocycles. The second-order valence-corrected chi connectivity index (χ2v) is 14.2. The predicted molar refractivity (Wildman–Crippen MR) is 182 cm³/mol. The standard InChI is InChI=1S/C39H45NO9/c1-4-46-38(44)31-17-26(23-15-24(19-41)34(43)27(16-23)21-10-11-30-22(14-21)12-13-40-30)33-36(47-25-8-6-5-7-9-25)28-18-32(39(2,3)45)49-35(28)29(20-42)37(33)48-31/h10-14,17,24-25,27,32,40-42,45H,4-9,15-16,18-20H2,1-3H3/b26-23-/t24-,27+,32-/m0/s1. The highest BCUT2D eigenvalue weighted by Crippen LogP contribution is 2.56. The summed E-state index contributed by atoms with van der Waals surface area (Å²) in [5.74, 6) is -0.783. The maximum Gasteiger partial charge on any atom is 0.374 e. The van der Waals surface area contributed by atoms with Gasteiger partial charge in [-0.25, -0.2) is 4.79 Å². The number of benzene rings is 2. The fourth-order valence-corrected chi connectivity index (χ4v) is 7.85. The molecule has 1 aromatic heterocycles. The van der Waals surface area contributed by atoms with Crippen molar-refractivity contribution in [3.8, 4) is 17.2 Å². The molecule has 49 heavy (non-hydrogen) atoms. The lowest BCUT2D eigenvalue weighted by Crippen LogP contribution is -2.39. The number of carbonyl (C=O) groups is 2. The maximum atomic E-state index is 13.9. The van der Waals surface area contributed by atoms with E-state index in [0.717, 1.165) is 59.7 Å². The van der Waals surface area contributed by atoms with Crippen LogP contribution in [0.4, 0.5) is 0 Å². The molecule has 10 nitrogen and oxygen atoms in total. The van der Waals surface area contributed by atoms with Gasteiger partial charge in [0.25, 0.3) is 0 Å². The monoisotopic (exact) mass is 671 g/mol. The van der Waals surface area contributed by atoms with E-state index >= 15 is 0 Å². The van der Waals surface area contributed by atoms with Crippen molar-refractivity contribution in [1.82, 2.24) is 4.98 Å². The Hall–Kier alpha value is -4.12. The molecule has 3 heterocycles. The predicted octanol–water partition coefficient (Wildman–Crippen LogP) is 5.79. The van der Waals surface area contributed by atoms with Crippen molar-refractivity contribution in [2.75, 3.05) is 13.2 Å². The molecule has 2 fully saturated rings. The first-order chi connectivity index (χ1) is 23.6. The quantitative estimate of drug-likeness (QED) is 0.218. The van der Waals surface area contributed by atoms with Crippen LogP contribution in [0.15, 0.2) is 47.9 Å². The van der Waals surface area contributed by atoms with Crippen LogP contribution >= 0.6 is 0 Å². The fourth-order valence-electron chi connectivity index (χ4n) is 7.85. The van der Waals surface area contributed by atoms with Crippen LogP contribution in [0.2, 0.25) is 0 Å². The molecule has 4 N–H and O–H groups in total. The Morgan fingerprint density at radius 1 is 1.06 bits per heavy atom. The number of hydrogen-bond acceptors (Lipinski definition) is 9. The Morgan fingerprint density at radius 2 is 1.86 bits per heavy atom. The average Bonchev–Trinajstić information content (AvgIpc) is 3.76. The van der Waals surface area contributed by atoms with Gasteiger partial charge >= 0.3 is 5.97 Å². The lowest BCUT2D eigenvalue weighted by molar-refractivity contribution is -0.141. The highest BCUT2D eigenvalue weighted by Gasteiger charge is 2.44.